The van der Waals surface area contributed by atoms with Crippen LogP contribution in [-0.4, -0.2) is 42.6 Å². The molecule has 2 aliphatic carbocycles. The quantitative estimate of drug-likeness (QED) is 0.724. The highest BCUT2D eigenvalue weighted by atomic mass is 32.1. The molecule has 2 aliphatic rings. The van der Waals surface area contributed by atoms with E-state index < -0.39 is 0 Å². The van der Waals surface area contributed by atoms with Crippen LogP contribution < -0.4 is 5.32 Å². The number of nitrogens with zero attached hydrogens (tertiary/aromatic N) is 1. The normalized spacial score (nSPS) is 24.6. The van der Waals surface area contributed by atoms with E-state index in [-0.39, 0.29) is 5.91 Å². The van der Waals surface area contributed by atoms with Gasteiger partial charge in [0.1, 0.15) is 0 Å². The molecule has 5 heteroatoms. The molecule has 0 bridgehead atoms. The van der Waals surface area contributed by atoms with E-state index in [2.05, 4.69) is 35.5 Å². The van der Waals surface area contributed by atoms with Crippen LogP contribution >= 0.6 is 11.3 Å². The third kappa shape index (κ3) is 4.09. The fourth-order valence-corrected chi connectivity index (χ4v) is 5.48. The topological polar surface area (TPSA) is 41.6 Å². The van der Waals surface area contributed by atoms with E-state index in [0.29, 0.717) is 30.7 Å². The standard InChI is InChI=1S/C20H32N2O2S/c1-3-11-22(15-19(23)21-14-16-8-7-12-25-16)17-13-18(24-4-2)20(17)9-5-6-10-20/h7-8,12,17-18H,3-6,9-11,13-15H2,1-2H3,(H,21,23)/t17-,18+/m0/s1. The molecule has 0 aromatic carbocycles. The van der Waals surface area contributed by atoms with Crippen molar-refractivity contribution in [2.45, 2.75) is 71.1 Å². The maximum Gasteiger partial charge on any atom is 0.234 e. The highest BCUT2D eigenvalue weighted by molar-refractivity contribution is 7.09. The number of amides is 1. The molecule has 4 nitrogen and oxygen atoms in total. The first-order valence-electron chi connectivity index (χ1n) is 9.84. The summed E-state index contributed by atoms with van der Waals surface area (Å²) in [7, 11) is 0. The highest BCUT2D eigenvalue weighted by Gasteiger charge is 2.58. The van der Waals surface area contributed by atoms with E-state index >= 15 is 0 Å². The summed E-state index contributed by atoms with van der Waals surface area (Å²) in [5.41, 5.74) is 0.305. The minimum Gasteiger partial charge on any atom is -0.378 e. The summed E-state index contributed by atoms with van der Waals surface area (Å²) >= 11 is 1.69. The monoisotopic (exact) mass is 364 g/mol. The van der Waals surface area contributed by atoms with Gasteiger partial charge in [-0.2, -0.15) is 0 Å². The lowest BCUT2D eigenvalue weighted by molar-refractivity contribution is -0.167. The van der Waals surface area contributed by atoms with E-state index in [1.807, 2.05) is 6.07 Å². The third-order valence-corrected chi connectivity index (χ3v) is 6.86. The predicted molar refractivity (Wildman–Crippen MR) is 103 cm³/mol. The summed E-state index contributed by atoms with van der Waals surface area (Å²) in [5.74, 6) is 0.148. The smallest absolute Gasteiger partial charge is 0.234 e. The second kappa shape index (κ2) is 8.65. The Hall–Kier alpha value is -0.910. The summed E-state index contributed by atoms with van der Waals surface area (Å²) in [5, 5.41) is 5.14. The lowest BCUT2D eigenvalue weighted by Crippen LogP contribution is -2.64. The first kappa shape index (κ1) is 18.9. The summed E-state index contributed by atoms with van der Waals surface area (Å²) in [4.78, 5) is 16.1. The number of nitrogens with one attached hydrogen (secondary N) is 1. The molecule has 1 N–H and O–H groups in total. The molecular weight excluding hydrogens is 332 g/mol. The van der Waals surface area contributed by atoms with E-state index in [1.165, 1.54) is 30.6 Å². The Balaban J connectivity index is 1.59. The molecule has 1 aromatic rings. The lowest BCUT2D eigenvalue weighted by Gasteiger charge is -2.57. The maximum absolute atomic E-state index is 12.5. The Morgan fingerprint density at radius 2 is 2.20 bits per heavy atom. The van der Waals surface area contributed by atoms with Crippen molar-refractivity contribution in [1.82, 2.24) is 10.2 Å². The summed E-state index contributed by atoms with van der Waals surface area (Å²) in [6.45, 7) is 7.26. The summed E-state index contributed by atoms with van der Waals surface area (Å²) in [6, 6.07) is 4.61. The van der Waals surface area contributed by atoms with Gasteiger partial charge in [0.15, 0.2) is 0 Å². The number of thiophene rings is 1. The van der Waals surface area contributed by atoms with Crippen LogP contribution in [0.4, 0.5) is 0 Å². The van der Waals surface area contributed by atoms with Gasteiger partial charge < -0.3 is 10.1 Å². The van der Waals surface area contributed by atoms with Crippen LogP contribution in [0.25, 0.3) is 0 Å². The summed E-state index contributed by atoms with van der Waals surface area (Å²) in [6.07, 6.45) is 7.72. The van der Waals surface area contributed by atoms with Gasteiger partial charge in [-0.25, -0.2) is 0 Å². The molecule has 2 fully saturated rings. The Morgan fingerprint density at radius 3 is 2.84 bits per heavy atom. The zero-order valence-electron chi connectivity index (χ0n) is 15.6. The number of carbonyl (C=O) groups is 1. The first-order chi connectivity index (χ1) is 12.2. The fraction of sp³-hybridized carbons (Fsp3) is 0.750. The van der Waals surface area contributed by atoms with E-state index in [9.17, 15) is 4.79 Å². The molecule has 2 atom stereocenters. The SMILES string of the molecule is CCCN(CC(=O)NCc1cccs1)[C@H]1C[C@@H](OCC)C12CCCC2. The van der Waals surface area contributed by atoms with Gasteiger partial charge in [-0.1, -0.05) is 25.8 Å². The van der Waals surface area contributed by atoms with Crippen molar-refractivity contribution in [2.24, 2.45) is 5.41 Å². The second-order valence-electron chi connectivity index (χ2n) is 7.46. The average molecular weight is 365 g/mol. The minimum absolute atomic E-state index is 0.148. The van der Waals surface area contributed by atoms with Crippen molar-refractivity contribution >= 4 is 17.2 Å². The van der Waals surface area contributed by atoms with Gasteiger partial charge in [-0.15, -0.1) is 11.3 Å². The molecule has 25 heavy (non-hydrogen) atoms. The van der Waals surface area contributed by atoms with Gasteiger partial charge in [0.05, 0.1) is 19.2 Å². The average Bonchev–Trinajstić information content (AvgIpc) is 3.29. The second-order valence-corrected chi connectivity index (χ2v) is 8.49. The zero-order chi connectivity index (χ0) is 17.7. The molecule has 0 unspecified atom stereocenters. The third-order valence-electron chi connectivity index (χ3n) is 5.98. The van der Waals surface area contributed by atoms with Crippen molar-refractivity contribution in [1.29, 1.82) is 0 Å². The van der Waals surface area contributed by atoms with Crippen LogP contribution in [0.2, 0.25) is 0 Å². The molecule has 1 spiro atoms. The van der Waals surface area contributed by atoms with Crippen molar-refractivity contribution in [3.63, 3.8) is 0 Å². The van der Waals surface area contributed by atoms with Crippen LogP contribution in [0.5, 0.6) is 0 Å². The van der Waals surface area contributed by atoms with Gasteiger partial charge in [0.25, 0.3) is 0 Å². The van der Waals surface area contributed by atoms with Gasteiger partial charge in [0.2, 0.25) is 5.91 Å². The lowest BCUT2D eigenvalue weighted by atomic mass is 9.60. The van der Waals surface area contributed by atoms with Crippen molar-refractivity contribution in [3.8, 4) is 0 Å². The number of rotatable bonds is 9. The van der Waals surface area contributed by atoms with Crippen LogP contribution in [0, 0.1) is 5.41 Å². The largest absolute Gasteiger partial charge is 0.378 e. The summed E-state index contributed by atoms with van der Waals surface area (Å²) < 4.78 is 6.05. The molecule has 2 saturated carbocycles. The van der Waals surface area contributed by atoms with Crippen LogP contribution in [-0.2, 0) is 16.1 Å². The van der Waals surface area contributed by atoms with E-state index in [1.54, 1.807) is 11.3 Å². The molecule has 1 heterocycles. The number of hydrogen-bond donors (Lipinski definition) is 1. The predicted octanol–water partition coefficient (Wildman–Crippen LogP) is 3.81. The van der Waals surface area contributed by atoms with Crippen LogP contribution in [0.15, 0.2) is 17.5 Å². The highest BCUT2D eigenvalue weighted by Crippen LogP contribution is 2.56. The Bertz CT molecular complexity index is 540. The van der Waals surface area contributed by atoms with Crippen molar-refractivity contribution in [3.05, 3.63) is 22.4 Å². The zero-order valence-corrected chi connectivity index (χ0v) is 16.4. The van der Waals surface area contributed by atoms with Gasteiger partial charge in [-0.3, -0.25) is 9.69 Å². The molecule has 1 aromatic heterocycles. The number of hydrogen-bond acceptors (Lipinski definition) is 4. The Labute approximate surface area is 155 Å². The van der Waals surface area contributed by atoms with Gasteiger partial charge in [0, 0.05) is 22.9 Å². The van der Waals surface area contributed by atoms with Gasteiger partial charge in [-0.05, 0) is 50.6 Å². The molecule has 3 rings (SSSR count). The molecule has 1 amide bonds. The van der Waals surface area contributed by atoms with E-state index in [4.69, 9.17) is 4.74 Å². The molecule has 0 saturated heterocycles. The van der Waals surface area contributed by atoms with Gasteiger partial charge >= 0.3 is 0 Å². The van der Waals surface area contributed by atoms with Crippen LogP contribution in [0.3, 0.4) is 0 Å². The molecule has 0 radical (unpaired) electrons. The Kier molecular flexibility index (Phi) is 6.53. The Morgan fingerprint density at radius 1 is 1.40 bits per heavy atom. The van der Waals surface area contributed by atoms with E-state index in [0.717, 1.165) is 26.0 Å². The number of ether oxygens (including phenoxy) is 1. The maximum atomic E-state index is 12.5. The van der Waals surface area contributed by atoms with Crippen molar-refractivity contribution in [2.75, 3.05) is 19.7 Å². The molecular formula is C20H32N2O2S. The molecule has 140 valence electrons. The first-order valence-corrected chi connectivity index (χ1v) is 10.7. The van der Waals surface area contributed by atoms with Crippen molar-refractivity contribution < 1.29 is 9.53 Å². The minimum atomic E-state index is 0.148. The number of carbonyl (C=O) groups excluding carboxylic acids is 1. The van der Waals surface area contributed by atoms with Crippen LogP contribution in [0.1, 0.15) is 57.2 Å². The fourth-order valence-electron chi connectivity index (χ4n) is 4.83. The molecule has 0 aliphatic heterocycles.